The summed E-state index contributed by atoms with van der Waals surface area (Å²) in [5, 5.41) is 15.5. The molecule has 0 fully saturated rings. The van der Waals surface area contributed by atoms with Crippen molar-refractivity contribution in [1.29, 1.82) is 5.41 Å². The van der Waals surface area contributed by atoms with Crippen molar-refractivity contribution in [3.63, 3.8) is 0 Å². The molecule has 6 aromatic rings. The quantitative estimate of drug-likeness (QED) is 0.0378. The predicted molar refractivity (Wildman–Crippen MR) is 212 cm³/mol. The minimum atomic E-state index is -4.88. The second kappa shape index (κ2) is 23.2. The van der Waals surface area contributed by atoms with Gasteiger partial charge in [0.1, 0.15) is 34.6 Å². The third-order valence-electron chi connectivity index (χ3n) is 7.38. The Labute approximate surface area is 360 Å². The fourth-order valence-electron chi connectivity index (χ4n) is 4.89. The van der Waals surface area contributed by atoms with Crippen LogP contribution in [0.5, 0.6) is 17.2 Å². The topological polar surface area (TPSA) is 204 Å². The van der Waals surface area contributed by atoms with Crippen LogP contribution in [0.25, 0.3) is 39.6 Å². The molecule has 310 valence electrons. The van der Waals surface area contributed by atoms with Crippen LogP contribution in [-0.2, 0) is 33.9 Å². The molecule has 0 amide bonds. The van der Waals surface area contributed by atoms with E-state index in [2.05, 4.69) is 32.2 Å². The molecule has 2 aromatic carbocycles. The van der Waals surface area contributed by atoms with E-state index in [1.165, 1.54) is 115 Å². The fraction of sp³-hybridized carbons (Fsp3) is 0.0250. The normalized spacial score (nSPS) is 10.4. The summed E-state index contributed by atoms with van der Waals surface area (Å²) in [4.78, 5) is 50.1. The molecule has 4 heterocycles. The van der Waals surface area contributed by atoms with Gasteiger partial charge >= 0.3 is 25.7 Å². The van der Waals surface area contributed by atoms with Gasteiger partial charge in [0.15, 0.2) is 0 Å². The number of nitrogens with zero attached hydrogens (tertiary/aromatic N) is 6. The summed E-state index contributed by atoms with van der Waals surface area (Å²) in [5.74, 6) is -0.165. The number of aromatic nitrogens is 4. The summed E-state index contributed by atoms with van der Waals surface area (Å²) in [7, 11) is 0. The average Bonchev–Trinajstić information content (AvgIpc) is 3.23. The van der Waals surface area contributed by atoms with Crippen LogP contribution >= 0.6 is 12.2 Å². The summed E-state index contributed by atoms with van der Waals surface area (Å²) >= 11 is 3.70. The van der Waals surface area contributed by atoms with Crippen molar-refractivity contribution in [2.75, 3.05) is 4.90 Å². The van der Waals surface area contributed by atoms with Crippen LogP contribution in [0.15, 0.2) is 122 Å². The molecule has 0 bridgehead atoms. The smallest absolute Gasteiger partial charge is 0.753 e. The summed E-state index contributed by atoms with van der Waals surface area (Å²) in [5.41, 5.74) is 8.35. The summed E-state index contributed by atoms with van der Waals surface area (Å²) < 4.78 is 79.1. The van der Waals surface area contributed by atoms with Crippen LogP contribution in [0.1, 0.15) is 5.69 Å². The molecule has 0 saturated carbocycles. The van der Waals surface area contributed by atoms with E-state index < -0.39 is 29.2 Å². The van der Waals surface area contributed by atoms with Gasteiger partial charge in [0.2, 0.25) is 0 Å². The number of halogens is 5. The first kappa shape index (κ1) is 47.9. The number of allylic oxidation sites excluding steroid dienone is 1. The van der Waals surface area contributed by atoms with Gasteiger partial charge in [0.05, 0.1) is 22.8 Å². The Balaban J connectivity index is 0.000000302. The molecule has 0 saturated heterocycles. The van der Waals surface area contributed by atoms with Crippen molar-refractivity contribution < 1.29 is 70.0 Å². The minimum absolute atomic E-state index is 0. The van der Waals surface area contributed by atoms with Crippen LogP contribution in [-0.4, -0.2) is 56.4 Å². The molecule has 4 aromatic heterocycles. The Morgan fingerprint density at radius 3 is 1.51 bits per heavy atom. The molecule has 0 aliphatic heterocycles. The number of ether oxygens (including phenoxy) is 3. The van der Waals surface area contributed by atoms with E-state index in [9.17, 15) is 36.3 Å². The average molecular weight is 942 g/mol. The largest absolute Gasteiger partial charge is 2.00 e. The maximum absolute atomic E-state index is 13.4. The third-order valence-corrected chi connectivity index (χ3v) is 7.38. The summed E-state index contributed by atoms with van der Waals surface area (Å²) in [6.45, 7) is 0.875. The van der Waals surface area contributed by atoms with Crippen molar-refractivity contribution in [3.05, 3.63) is 150 Å². The first-order valence-electron chi connectivity index (χ1n) is 16.4. The number of hydrogen-bond donors (Lipinski definition) is 1. The Kier molecular flexibility index (Phi) is 18.2. The van der Waals surface area contributed by atoms with Crippen molar-refractivity contribution in [1.82, 2.24) is 19.9 Å². The summed E-state index contributed by atoms with van der Waals surface area (Å²) in [6, 6.07) is 22.8. The van der Waals surface area contributed by atoms with Crippen molar-refractivity contribution >= 4 is 65.3 Å². The van der Waals surface area contributed by atoms with Crippen molar-refractivity contribution in [3.8, 4) is 40.0 Å². The van der Waals surface area contributed by atoms with Crippen LogP contribution < -0.4 is 19.1 Å². The Morgan fingerprint density at radius 1 is 0.672 bits per heavy atom. The number of pyridine rings is 4. The van der Waals surface area contributed by atoms with E-state index in [4.69, 9.17) is 30.8 Å². The number of carbonyl (C=O) groups excluding carboxylic acids is 3. The molecule has 14 nitrogen and oxygen atoms in total. The molecule has 0 spiro atoms. The van der Waals surface area contributed by atoms with Gasteiger partial charge in [-0.25, -0.2) is 13.8 Å². The number of carbonyl (C=O) groups is 3. The Hall–Kier alpha value is -7.47. The second-order valence-corrected chi connectivity index (χ2v) is 11.4. The van der Waals surface area contributed by atoms with Gasteiger partial charge in [-0.1, -0.05) is 12.2 Å². The number of isothiocyanates is 1. The summed E-state index contributed by atoms with van der Waals surface area (Å²) in [6.07, 6.45) is -0.326. The first-order chi connectivity index (χ1) is 28.8. The van der Waals surface area contributed by atoms with Crippen molar-refractivity contribution in [2.45, 2.75) is 6.18 Å². The molecule has 0 unspecified atom stereocenters. The number of rotatable bonds is 13. The Morgan fingerprint density at radius 2 is 1.08 bits per heavy atom. The van der Waals surface area contributed by atoms with Crippen LogP contribution in [0.3, 0.4) is 0 Å². The van der Waals surface area contributed by atoms with Gasteiger partial charge in [0.25, 0.3) is 19.4 Å². The zero-order chi connectivity index (χ0) is 43.7. The van der Waals surface area contributed by atoms with E-state index in [0.29, 0.717) is 58.9 Å². The van der Waals surface area contributed by atoms with E-state index in [1.807, 2.05) is 0 Å². The monoisotopic (exact) mass is 942 g/mol. The SMILES string of the molecule is N=C(/C=C(\[NH-])c1cc(N(c2ccc(F)cc2)c2ccc(F)cc2)ccn1)C(F)(F)F.O=COc1ccnc(-c2cc(OC=O)cc(-c3cc(OC=O)ccn3)n2)c1.[N-]=C=S.[Ru+2]. The van der Waals surface area contributed by atoms with Crippen molar-refractivity contribution in [2.24, 2.45) is 0 Å². The number of thiocarbonyl (C=S) groups is 1. The van der Waals surface area contributed by atoms with E-state index >= 15 is 0 Å². The van der Waals surface area contributed by atoms with Gasteiger partial charge in [-0.05, 0) is 78.9 Å². The second-order valence-electron chi connectivity index (χ2n) is 11.2. The van der Waals surface area contributed by atoms with E-state index in [-0.39, 0.29) is 48.9 Å². The molecular formula is C40H25F5N8O6RuS. The molecule has 0 radical (unpaired) electrons. The predicted octanol–water partition coefficient (Wildman–Crippen LogP) is 9.27. The molecule has 0 aliphatic carbocycles. The number of anilines is 3. The number of alkyl halides is 3. The number of nitrogens with one attached hydrogen (secondary N) is 2. The van der Waals surface area contributed by atoms with E-state index in [1.54, 1.807) is 11.0 Å². The maximum Gasteiger partial charge on any atom is 2.00 e. The molecule has 0 atom stereocenters. The fourth-order valence-corrected chi connectivity index (χ4v) is 4.89. The van der Waals surface area contributed by atoms with Crippen LogP contribution in [0.4, 0.5) is 39.0 Å². The molecule has 6 rings (SSSR count). The zero-order valence-electron chi connectivity index (χ0n) is 30.6. The van der Waals surface area contributed by atoms with E-state index in [0.717, 1.165) is 0 Å². The molecule has 21 heteroatoms. The minimum Gasteiger partial charge on any atom is -0.753 e. The third kappa shape index (κ3) is 14.1. The molecule has 61 heavy (non-hydrogen) atoms. The molecule has 0 aliphatic rings. The maximum atomic E-state index is 13.4. The standard InChI is InChI=1S/C21H14F5N4.C18H11N3O6.CNS.Ru/c22-13-1-5-15(6-2-13)30(16-7-3-14(23)4-8-16)17-9-10-29-19(11-17)18(27)12-20(28)21(24,25)26;22-9-25-12-1-3-19-15(5-12)17-7-14(27-11-24)8-18(21-17)16-6-13(26-10-23)2-4-20-16;2-1-3;/h1-12,27-28H;1-11H;;/q-1;;-1;+2/b18-12-,28-20?;;;. The van der Waals surface area contributed by atoms with Crippen LogP contribution in [0, 0.1) is 17.0 Å². The molecule has 2 N–H and O–H groups in total. The van der Waals surface area contributed by atoms with Crippen LogP contribution in [0.2, 0.25) is 0 Å². The van der Waals surface area contributed by atoms with Gasteiger partial charge in [-0.3, -0.25) is 34.7 Å². The van der Waals surface area contributed by atoms with Gasteiger partial charge in [-0.15, -0.1) is 5.70 Å². The number of hydrogen-bond acceptors (Lipinski definition) is 13. The van der Waals surface area contributed by atoms with Gasteiger partial charge < -0.3 is 30.3 Å². The Bertz CT molecular complexity index is 2410. The van der Waals surface area contributed by atoms with Gasteiger partial charge in [0, 0.05) is 65.6 Å². The zero-order valence-corrected chi connectivity index (χ0v) is 33.1. The first-order valence-corrected chi connectivity index (χ1v) is 16.8. The number of benzene rings is 2. The molecular weight excluding hydrogens is 917 g/mol. The van der Waals surface area contributed by atoms with Gasteiger partial charge in [-0.2, -0.15) is 18.3 Å².